The lowest BCUT2D eigenvalue weighted by molar-refractivity contribution is -0.127. The van der Waals surface area contributed by atoms with Gasteiger partial charge in [0, 0.05) is 30.5 Å². The van der Waals surface area contributed by atoms with E-state index in [0.29, 0.717) is 30.4 Å². The van der Waals surface area contributed by atoms with Gasteiger partial charge in [0.05, 0.1) is 5.41 Å². The maximum atomic E-state index is 13.0. The summed E-state index contributed by atoms with van der Waals surface area (Å²) in [7, 11) is 0. The zero-order valence-corrected chi connectivity index (χ0v) is 14.6. The number of nitrogens with zero attached hydrogens (tertiary/aromatic N) is 3. The number of aromatic nitrogens is 2. The van der Waals surface area contributed by atoms with Crippen LogP contribution in [0, 0.1) is 11.2 Å². The van der Waals surface area contributed by atoms with Crippen LogP contribution >= 0.6 is 11.8 Å². The Morgan fingerprint density at radius 1 is 1.23 bits per heavy atom. The highest BCUT2D eigenvalue weighted by atomic mass is 32.2. The molecule has 0 bridgehead atoms. The number of hydrogen-bond donors (Lipinski definition) is 2. The molecular weight excluding hydrogens is 357 g/mol. The summed E-state index contributed by atoms with van der Waals surface area (Å²) < 4.78 is 13.0. The molecule has 1 aromatic carbocycles. The van der Waals surface area contributed by atoms with Gasteiger partial charge in [0.15, 0.2) is 0 Å². The number of rotatable bonds is 3. The van der Waals surface area contributed by atoms with Gasteiger partial charge in [-0.3, -0.25) is 14.9 Å². The number of nitrogens with two attached hydrogens (primary N) is 1. The maximum absolute atomic E-state index is 13.0. The van der Waals surface area contributed by atoms with E-state index in [1.54, 1.807) is 18.2 Å². The van der Waals surface area contributed by atoms with E-state index >= 15 is 0 Å². The lowest BCUT2D eigenvalue weighted by atomic mass is 9.85. The van der Waals surface area contributed by atoms with Gasteiger partial charge in [-0.05, 0) is 30.7 Å². The van der Waals surface area contributed by atoms with Crippen molar-refractivity contribution in [3.8, 4) is 0 Å². The molecule has 0 unspecified atom stereocenters. The summed E-state index contributed by atoms with van der Waals surface area (Å²) in [6.07, 6.45) is 0.801. The topological polar surface area (TPSA) is 101 Å². The molecule has 2 saturated heterocycles. The fourth-order valence-corrected chi connectivity index (χ4v) is 4.17. The van der Waals surface area contributed by atoms with Crippen molar-refractivity contribution in [3.05, 3.63) is 36.1 Å². The highest BCUT2D eigenvalue weighted by molar-refractivity contribution is 7.99. The Bertz CT molecular complexity index is 891. The molecule has 0 saturated carbocycles. The highest BCUT2D eigenvalue weighted by Gasteiger charge is 2.51. The minimum absolute atomic E-state index is 0.125. The number of carbonyl (C=O) groups excluding carboxylic acids is 2. The Morgan fingerprint density at radius 2 is 2.00 bits per heavy atom. The Labute approximate surface area is 153 Å². The second kappa shape index (κ2) is 6.24. The number of nitrogen functional groups attached to an aromatic ring is 1. The van der Waals surface area contributed by atoms with Crippen LogP contribution in [0.1, 0.15) is 12.8 Å². The number of anilines is 2. The van der Waals surface area contributed by atoms with Gasteiger partial charge in [-0.1, -0.05) is 11.8 Å². The van der Waals surface area contributed by atoms with E-state index in [1.807, 2.05) is 4.90 Å². The van der Waals surface area contributed by atoms with E-state index in [2.05, 4.69) is 15.3 Å². The normalized spacial score (nSPS) is 22.3. The number of amides is 2. The lowest BCUT2D eigenvalue weighted by Gasteiger charge is -2.21. The van der Waals surface area contributed by atoms with Crippen LogP contribution in [0.25, 0.3) is 0 Å². The lowest BCUT2D eigenvalue weighted by Crippen LogP contribution is -2.34. The quantitative estimate of drug-likeness (QED) is 0.622. The Balaban J connectivity index is 1.56. The molecule has 1 aromatic heterocycles. The van der Waals surface area contributed by atoms with Crippen molar-refractivity contribution in [2.45, 2.75) is 22.8 Å². The first-order valence-corrected chi connectivity index (χ1v) is 8.92. The SMILES string of the molecule is Nc1nc(Sc2ccc(F)cc2)cc(N2CC[C@]3(CC(=O)NC3=O)C2)n1. The second-order valence-electron chi connectivity index (χ2n) is 6.48. The minimum Gasteiger partial charge on any atom is -0.368 e. The van der Waals surface area contributed by atoms with Crippen molar-refractivity contribution in [1.82, 2.24) is 15.3 Å². The first-order valence-electron chi connectivity index (χ1n) is 8.11. The molecule has 0 aliphatic carbocycles. The van der Waals surface area contributed by atoms with E-state index < -0.39 is 5.41 Å². The summed E-state index contributed by atoms with van der Waals surface area (Å²) in [4.78, 5) is 35.0. The standard InChI is InChI=1S/C17H16FN5O2S/c18-10-1-3-11(4-2-10)26-14-7-12(20-16(19)22-14)23-6-5-17(9-23)8-13(24)21-15(17)25/h1-4,7H,5-6,8-9H2,(H2,19,20,22)(H,21,24,25)/t17-/m0/s1. The van der Waals surface area contributed by atoms with Crippen LogP contribution in [0.15, 0.2) is 40.3 Å². The summed E-state index contributed by atoms with van der Waals surface area (Å²) in [6, 6.07) is 7.88. The van der Waals surface area contributed by atoms with Crippen LogP contribution < -0.4 is 16.0 Å². The molecule has 2 fully saturated rings. The van der Waals surface area contributed by atoms with E-state index in [-0.39, 0.29) is 30.0 Å². The molecule has 2 aromatic rings. The van der Waals surface area contributed by atoms with Crippen LogP contribution in [-0.4, -0.2) is 34.9 Å². The average Bonchev–Trinajstić information content (AvgIpc) is 3.13. The van der Waals surface area contributed by atoms with Crippen molar-refractivity contribution in [3.63, 3.8) is 0 Å². The van der Waals surface area contributed by atoms with Gasteiger partial charge in [-0.15, -0.1) is 0 Å². The van der Waals surface area contributed by atoms with Crippen molar-refractivity contribution in [2.75, 3.05) is 23.7 Å². The summed E-state index contributed by atoms with van der Waals surface area (Å²) in [6.45, 7) is 1.03. The number of benzene rings is 1. The Morgan fingerprint density at radius 3 is 2.69 bits per heavy atom. The number of hydrogen-bond acceptors (Lipinski definition) is 7. The third kappa shape index (κ3) is 3.10. The number of halogens is 1. The molecule has 1 spiro atoms. The van der Waals surface area contributed by atoms with E-state index in [0.717, 1.165) is 4.90 Å². The monoisotopic (exact) mass is 373 g/mol. The van der Waals surface area contributed by atoms with Crippen LogP contribution in [0.5, 0.6) is 0 Å². The van der Waals surface area contributed by atoms with Gasteiger partial charge in [0.1, 0.15) is 16.7 Å². The Hall–Kier alpha value is -2.68. The van der Waals surface area contributed by atoms with Gasteiger partial charge in [-0.2, -0.15) is 4.98 Å². The predicted molar refractivity (Wildman–Crippen MR) is 94.0 cm³/mol. The highest BCUT2D eigenvalue weighted by Crippen LogP contribution is 2.40. The largest absolute Gasteiger partial charge is 0.368 e. The zero-order valence-electron chi connectivity index (χ0n) is 13.7. The third-order valence-corrected chi connectivity index (χ3v) is 5.58. The summed E-state index contributed by atoms with van der Waals surface area (Å²) in [5.74, 6) is -0.00492. The van der Waals surface area contributed by atoms with Gasteiger partial charge in [0.25, 0.3) is 0 Å². The number of nitrogens with one attached hydrogen (secondary N) is 1. The summed E-state index contributed by atoms with van der Waals surface area (Å²) in [5.41, 5.74) is 5.16. The van der Waals surface area contributed by atoms with Gasteiger partial charge >= 0.3 is 0 Å². The van der Waals surface area contributed by atoms with E-state index in [1.165, 1.54) is 23.9 Å². The molecule has 26 heavy (non-hydrogen) atoms. The zero-order chi connectivity index (χ0) is 18.3. The molecule has 134 valence electrons. The predicted octanol–water partition coefficient (Wildman–Crippen LogP) is 1.59. The van der Waals surface area contributed by atoms with Gasteiger partial charge in [-0.25, -0.2) is 9.37 Å². The minimum atomic E-state index is -0.680. The van der Waals surface area contributed by atoms with Crippen LogP contribution in [0.2, 0.25) is 0 Å². The molecule has 3 heterocycles. The van der Waals surface area contributed by atoms with Crippen molar-refractivity contribution in [2.24, 2.45) is 5.41 Å². The molecule has 2 amide bonds. The first kappa shape index (κ1) is 16.8. The van der Waals surface area contributed by atoms with Crippen LogP contribution in [0.3, 0.4) is 0 Å². The molecule has 2 aliphatic heterocycles. The average molecular weight is 373 g/mol. The Kier molecular flexibility index (Phi) is 4.03. The molecule has 9 heteroatoms. The van der Waals surface area contributed by atoms with Crippen molar-refractivity contribution in [1.29, 1.82) is 0 Å². The molecule has 7 nitrogen and oxygen atoms in total. The van der Waals surface area contributed by atoms with Gasteiger partial charge in [0.2, 0.25) is 17.8 Å². The number of carbonyl (C=O) groups is 2. The second-order valence-corrected chi connectivity index (χ2v) is 7.58. The van der Waals surface area contributed by atoms with Crippen LogP contribution in [0.4, 0.5) is 16.2 Å². The molecule has 4 rings (SSSR count). The third-order valence-electron chi connectivity index (χ3n) is 4.65. The molecule has 0 radical (unpaired) electrons. The molecule has 2 aliphatic rings. The van der Waals surface area contributed by atoms with Crippen LogP contribution in [-0.2, 0) is 9.59 Å². The maximum Gasteiger partial charge on any atom is 0.235 e. The van der Waals surface area contributed by atoms with E-state index in [4.69, 9.17) is 5.73 Å². The number of imide groups is 1. The first-order chi connectivity index (χ1) is 12.4. The summed E-state index contributed by atoms with van der Waals surface area (Å²) in [5, 5.41) is 3.02. The molecule has 3 N–H and O–H groups in total. The van der Waals surface area contributed by atoms with Crippen molar-refractivity contribution >= 4 is 35.3 Å². The van der Waals surface area contributed by atoms with E-state index in [9.17, 15) is 14.0 Å². The fraction of sp³-hybridized carbons (Fsp3) is 0.294. The smallest absolute Gasteiger partial charge is 0.235 e. The summed E-state index contributed by atoms with van der Waals surface area (Å²) >= 11 is 1.35. The molecular formula is C17H16FN5O2S. The fourth-order valence-electron chi connectivity index (χ4n) is 3.36. The van der Waals surface area contributed by atoms with Gasteiger partial charge < -0.3 is 10.6 Å². The van der Waals surface area contributed by atoms with Crippen molar-refractivity contribution < 1.29 is 14.0 Å². The molecule has 1 atom stereocenters.